The first-order valence-electron chi connectivity index (χ1n) is 6.78. The summed E-state index contributed by atoms with van der Waals surface area (Å²) in [6.07, 6.45) is -1.01. The number of aliphatic hydroxyl groups is 1. The van der Waals surface area contributed by atoms with Crippen molar-refractivity contribution in [1.82, 2.24) is 4.72 Å². The molecule has 0 saturated carbocycles. The standard InChI is InChI=1S/C16H15FN2O3S/c1-11-4-2-3-5-14(11)16(20)10-19-23(21,22)13-6-7-15(17)12(8-13)9-18/h2-8,16,19-20H,10H2,1H3/t16-/m1/s1. The number of nitrogens with zero attached hydrogens (tertiary/aromatic N) is 1. The first-order valence-corrected chi connectivity index (χ1v) is 8.26. The Labute approximate surface area is 134 Å². The molecule has 0 fully saturated rings. The van der Waals surface area contributed by atoms with Gasteiger partial charge in [0.05, 0.1) is 16.6 Å². The summed E-state index contributed by atoms with van der Waals surface area (Å²) in [5.41, 5.74) is 1.10. The molecule has 2 aromatic rings. The van der Waals surface area contributed by atoms with E-state index in [0.29, 0.717) is 5.56 Å². The van der Waals surface area contributed by atoms with Crippen LogP contribution in [0.5, 0.6) is 0 Å². The predicted octanol–water partition coefficient (Wildman–Crippen LogP) is 2.02. The van der Waals surface area contributed by atoms with Crippen LogP contribution in [0, 0.1) is 24.1 Å². The van der Waals surface area contributed by atoms with E-state index in [-0.39, 0.29) is 17.0 Å². The molecule has 0 amide bonds. The SMILES string of the molecule is Cc1ccccc1[C@H](O)CNS(=O)(=O)c1ccc(F)c(C#N)c1. The maximum atomic E-state index is 13.3. The molecule has 2 rings (SSSR count). The highest BCUT2D eigenvalue weighted by molar-refractivity contribution is 7.89. The lowest BCUT2D eigenvalue weighted by Gasteiger charge is -2.15. The van der Waals surface area contributed by atoms with Crippen molar-refractivity contribution in [2.75, 3.05) is 6.54 Å². The third kappa shape index (κ3) is 3.93. The van der Waals surface area contributed by atoms with Gasteiger partial charge in [-0.1, -0.05) is 24.3 Å². The fraction of sp³-hybridized carbons (Fsp3) is 0.188. The zero-order valence-corrected chi connectivity index (χ0v) is 13.1. The fourth-order valence-corrected chi connectivity index (χ4v) is 3.16. The molecule has 0 spiro atoms. The van der Waals surface area contributed by atoms with Crippen LogP contribution in [0.1, 0.15) is 22.8 Å². The minimum Gasteiger partial charge on any atom is -0.387 e. The molecule has 7 heteroatoms. The highest BCUT2D eigenvalue weighted by Gasteiger charge is 2.19. The van der Waals surface area contributed by atoms with Gasteiger partial charge in [0, 0.05) is 6.54 Å². The van der Waals surface area contributed by atoms with Gasteiger partial charge in [0.15, 0.2) is 0 Å². The number of halogens is 1. The van der Waals surface area contributed by atoms with Crippen LogP contribution < -0.4 is 4.72 Å². The maximum Gasteiger partial charge on any atom is 0.240 e. The molecule has 0 unspecified atom stereocenters. The van der Waals surface area contributed by atoms with Crippen molar-refractivity contribution < 1.29 is 17.9 Å². The number of aryl methyl sites for hydroxylation is 1. The van der Waals surface area contributed by atoms with Crippen LogP contribution in [0.15, 0.2) is 47.4 Å². The minimum atomic E-state index is -3.95. The molecule has 2 N–H and O–H groups in total. The second kappa shape index (κ2) is 6.87. The van der Waals surface area contributed by atoms with Gasteiger partial charge in [0.2, 0.25) is 10.0 Å². The molecular weight excluding hydrogens is 319 g/mol. The molecule has 0 aliphatic heterocycles. The molecule has 120 valence electrons. The first-order chi connectivity index (χ1) is 10.8. The van der Waals surface area contributed by atoms with Gasteiger partial charge in [-0.2, -0.15) is 5.26 Å². The zero-order valence-electron chi connectivity index (χ0n) is 12.3. The molecule has 1 atom stereocenters. The highest BCUT2D eigenvalue weighted by Crippen LogP contribution is 2.18. The fourth-order valence-electron chi connectivity index (χ4n) is 2.10. The monoisotopic (exact) mass is 334 g/mol. The Hall–Kier alpha value is -2.27. The molecule has 23 heavy (non-hydrogen) atoms. The van der Waals surface area contributed by atoms with Crippen molar-refractivity contribution in [2.24, 2.45) is 0 Å². The third-order valence-corrected chi connectivity index (χ3v) is 4.80. The molecule has 0 radical (unpaired) electrons. The van der Waals surface area contributed by atoms with Crippen LogP contribution in [0.2, 0.25) is 0 Å². The van der Waals surface area contributed by atoms with Crippen LogP contribution in [0.3, 0.4) is 0 Å². The van der Waals surface area contributed by atoms with E-state index in [2.05, 4.69) is 4.72 Å². The number of aliphatic hydroxyl groups excluding tert-OH is 1. The normalized spacial score (nSPS) is 12.6. The Morgan fingerprint density at radius 1 is 1.30 bits per heavy atom. The molecule has 0 bridgehead atoms. The molecule has 0 heterocycles. The summed E-state index contributed by atoms with van der Waals surface area (Å²) < 4.78 is 39.9. The summed E-state index contributed by atoms with van der Waals surface area (Å²) in [4.78, 5) is -0.229. The molecule has 0 aliphatic rings. The van der Waals surface area contributed by atoms with Crippen molar-refractivity contribution in [3.05, 3.63) is 65.0 Å². The van der Waals surface area contributed by atoms with Gasteiger partial charge < -0.3 is 5.11 Å². The second-order valence-electron chi connectivity index (χ2n) is 4.98. The van der Waals surface area contributed by atoms with Crippen LogP contribution in [0.25, 0.3) is 0 Å². The first kappa shape index (κ1) is 17.1. The van der Waals surface area contributed by atoms with Crippen molar-refractivity contribution in [1.29, 1.82) is 5.26 Å². The van der Waals surface area contributed by atoms with E-state index in [4.69, 9.17) is 5.26 Å². The maximum absolute atomic E-state index is 13.3. The smallest absolute Gasteiger partial charge is 0.240 e. The Bertz CT molecular complexity index is 860. The Morgan fingerprint density at radius 3 is 2.65 bits per heavy atom. The lowest BCUT2D eigenvalue weighted by molar-refractivity contribution is 0.181. The molecule has 2 aromatic carbocycles. The van der Waals surface area contributed by atoms with Gasteiger partial charge in [0.1, 0.15) is 11.9 Å². The zero-order chi connectivity index (χ0) is 17.0. The minimum absolute atomic E-state index is 0.229. The van der Waals surface area contributed by atoms with Crippen LogP contribution in [-0.4, -0.2) is 20.1 Å². The topological polar surface area (TPSA) is 90.2 Å². The van der Waals surface area contributed by atoms with E-state index in [1.165, 1.54) is 0 Å². The Balaban J connectivity index is 2.16. The van der Waals surface area contributed by atoms with Gasteiger partial charge in [0.25, 0.3) is 0 Å². The second-order valence-corrected chi connectivity index (χ2v) is 6.74. The molecule has 0 aromatic heterocycles. The highest BCUT2D eigenvalue weighted by atomic mass is 32.2. The molecule has 0 aliphatic carbocycles. The summed E-state index contributed by atoms with van der Waals surface area (Å²) in [5, 5.41) is 18.9. The average molecular weight is 334 g/mol. The number of sulfonamides is 1. The number of hydrogen-bond acceptors (Lipinski definition) is 4. The van der Waals surface area contributed by atoms with Gasteiger partial charge in [-0.25, -0.2) is 17.5 Å². The quantitative estimate of drug-likeness (QED) is 0.875. The number of benzene rings is 2. The molecule has 0 saturated heterocycles. The summed E-state index contributed by atoms with van der Waals surface area (Å²) >= 11 is 0. The number of hydrogen-bond donors (Lipinski definition) is 2. The van der Waals surface area contributed by atoms with Crippen LogP contribution in [-0.2, 0) is 10.0 Å². The van der Waals surface area contributed by atoms with Gasteiger partial charge in [-0.05, 0) is 36.2 Å². The largest absolute Gasteiger partial charge is 0.387 e. The van der Waals surface area contributed by atoms with Gasteiger partial charge in [-0.15, -0.1) is 0 Å². The average Bonchev–Trinajstić information content (AvgIpc) is 2.53. The number of nitriles is 1. The summed E-state index contributed by atoms with van der Waals surface area (Å²) in [6.45, 7) is 1.58. The number of rotatable bonds is 5. The third-order valence-electron chi connectivity index (χ3n) is 3.38. The Morgan fingerprint density at radius 2 is 2.00 bits per heavy atom. The van der Waals surface area contributed by atoms with E-state index in [9.17, 15) is 17.9 Å². The van der Waals surface area contributed by atoms with E-state index < -0.39 is 21.9 Å². The summed E-state index contributed by atoms with van der Waals surface area (Å²) in [5.74, 6) is -0.786. The van der Waals surface area contributed by atoms with Crippen molar-refractivity contribution in [2.45, 2.75) is 17.9 Å². The van der Waals surface area contributed by atoms with Gasteiger partial charge in [-0.3, -0.25) is 0 Å². The van der Waals surface area contributed by atoms with E-state index in [1.807, 2.05) is 19.1 Å². The van der Waals surface area contributed by atoms with E-state index in [1.54, 1.807) is 18.2 Å². The van der Waals surface area contributed by atoms with E-state index in [0.717, 1.165) is 23.8 Å². The lowest BCUT2D eigenvalue weighted by Crippen LogP contribution is -2.29. The molecular formula is C16H15FN2O3S. The van der Waals surface area contributed by atoms with Crippen LogP contribution in [0.4, 0.5) is 4.39 Å². The Kier molecular flexibility index (Phi) is 5.11. The lowest BCUT2D eigenvalue weighted by atomic mass is 10.0. The van der Waals surface area contributed by atoms with Crippen molar-refractivity contribution in [3.63, 3.8) is 0 Å². The van der Waals surface area contributed by atoms with Crippen molar-refractivity contribution in [3.8, 4) is 6.07 Å². The number of nitrogens with one attached hydrogen (secondary N) is 1. The van der Waals surface area contributed by atoms with Crippen LogP contribution >= 0.6 is 0 Å². The predicted molar refractivity (Wildman–Crippen MR) is 82.4 cm³/mol. The summed E-state index contributed by atoms with van der Waals surface area (Å²) in [7, 11) is -3.95. The van der Waals surface area contributed by atoms with Crippen molar-refractivity contribution >= 4 is 10.0 Å². The van der Waals surface area contributed by atoms with E-state index >= 15 is 0 Å². The van der Waals surface area contributed by atoms with Gasteiger partial charge >= 0.3 is 0 Å². The molecule has 5 nitrogen and oxygen atoms in total. The summed E-state index contributed by atoms with van der Waals surface area (Å²) in [6, 6.07) is 11.6.